The van der Waals surface area contributed by atoms with E-state index >= 15 is 0 Å². The predicted octanol–water partition coefficient (Wildman–Crippen LogP) is 3.27. The molecule has 1 aromatic heterocycles. The number of hydrogen-bond acceptors (Lipinski definition) is 3. The molecule has 1 aliphatic rings. The van der Waals surface area contributed by atoms with Gasteiger partial charge in [0.05, 0.1) is 5.69 Å². The van der Waals surface area contributed by atoms with Crippen molar-refractivity contribution in [2.45, 2.75) is 45.6 Å². The highest BCUT2D eigenvalue weighted by molar-refractivity contribution is 5.65. The van der Waals surface area contributed by atoms with Gasteiger partial charge >= 0.3 is 0 Å². The Morgan fingerprint density at radius 2 is 1.80 bits per heavy atom. The summed E-state index contributed by atoms with van der Waals surface area (Å²) in [6, 6.07) is 6.66. The van der Waals surface area contributed by atoms with E-state index in [-0.39, 0.29) is 0 Å². The molecule has 0 atom stereocenters. The van der Waals surface area contributed by atoms with Gasteiger partial charge in [-0.05, 0) is 56.4 Å². The van der Waals surface area contributed by atoms with Gasteiger partial charge < -0.3 is 5.73 Å². The molecule has 0 aliphatic heterocycles. The van der Waals surface area contributed by atoms with E-state index in [0.717, 1.165) is 24.4 Å². The smallest absolute Gasteiger partial charge is 0.132 e. The molecule has 1 aromatic carbocycles. The topological polar surface area (TPSA) is 51.8 Å². The van der Waals surface area contributed by atoms with Crippen molar-refractivity contribution >= 4 is 0 Å². The van der Waals surface area contributed by atoms with Gasteiger partial charge in [0.15, 0.2) is 0 Å². The highest BCUT2D eigenvalue weighted by Gasteiger charge is 2.29. The summed E-state index contributed by atoms with van der Waals surface area (Å²) in [5.74, 6) is 1.39. The second-order valence-corrected chi connectivity index (χ2v) is 5.91. The first-order valence-corrected chi connectivity index (χ1v) is 7.22. The molecule has 1 heterocycles. The lowest BCUT2D eigenvalue weighted by atomic mass is 9.80. The van der Waals surface area contributed by atoms with Crippen molar-refractivity contribution in [2.24, 2.45) is 5.73 Å². The van der Waals surface area contributed by atoms with Crippen molar-refractivity contribution in [1.82, 2.24) is 9.97 Å². The number of benzene rings is 1. The molecular weight excluding hydrogens is 246 g/mol. The zero-order valence-electron chi connectivity index (χ0n) is 12.4. The Labute approximate surface area is 120 Å². The minimum Gasteiger partial charge on any atom is -0.328 e. The summed E-state index contributed by atoms with van der Waals surface area (Å²) in [4.78, 5) is 9.19. The molecule has 3 nitrogen and oxygen atoms in total. The standard InChI is InChI=1S/C17H21N3/c1-10-4-5-15(12(3)11(10)2)16-6-7-19-17(20-16)13-8-14(18)9-13/h4-7,13-14H,8-9,18H2,1-3H3. The van der Waals surface area contributed by atoms with Crippen LogP contribution in [0, 0.1) is 20.8 Å². The number of rotatable bonds is 2. The lowest BCUT2D eigenvalue weighted by molar-refractivity contribution is 0.338. The summed E-state index contributed by atoms with van der Waals surface area (Å²) in [6.45, 7) is 6.48. The summed E-state index contributed by atoms with van der Waals surface area (Å²) in [5.41, 5.74) is 12.1. The monoisotopic (exact) mass is 267 g/mol. The summed E-state index contributed by atoms with van der Waals surface area (Å²) >= 11 is 0. The number of nitrogens with two attached hydrogens (primary N) is 1. The SMILES string of the molecule is Cc1ccc(-c2ccnc(C3CC(N)C3)n2)c(C)c1C. The number of nitrogens with zero attached hydrogens (tertiary/aromatic N) is 2. The maximum absolute atomic E-state index is 5.86. The van der Waals surface area contributed by atoms with Gasteiger partial charge in [-0.25, -0.2) is 9.97 Å². The van der Waals surface area contributed by atoms with Gasteiger partial charge in [-0.15, -0.1) is 0 Å². The van der Waals surface area contributed by atoms with Crippen molar-refractivity contribution in [2.75, 3.05) is 0 Å². The van der Waals surface area contributed by atoms with E-state index in [4.69, 9.17) is 10.7 Å². The minimum absolute atomic E-state index is 0.329. The first-order chi connectivity index (χ1) is 9.56. The van der Waals surface area contributed by atoms with E-state index in [1.807, 2.05) is 12.3 Å². The second-order valence-electron chi connectivity index (χ2n) is 5.91. The molecule has 20 heavy (non-hydrogen) atoms. The van der Waals surface area contributed by atoms with E-state index in [9.17, 15) is 0 Å². The van der Waals surface area contributed by atoms with Crippen LogP contribution in [-0.4, -0.2) is 16.0 Å². The zero-order valence-corrected chi connectivity index (χ0v) is 12.4. The minimum atomic E-state index is 0.329. The van der Waals surface area contributed by atoms with Gasteiger partial charge in [-0.3, -0.25) is 0 Å². The second kappa shape index (κ2) is 4.98. The first-order valence-electron chi connectivity index (χ1n) is 7.22. The van der Waals surface area contributed by atoms with E-state index in [1.54, 1.807) is 0 Å². The predicted molar refractivity (Wildman–Crippen MR) is 81.6 cm³/mol. The third-order valence-electron chi connectivity index (χ3n) is 4.55. The molecule has 1 saturated carbocycles. The number of hydrogen-bond donors (Lipinski definition) is 1. The van der Waals surface area contributed by atoms with Crippen LogP contribution in [0.25, 0.3) is 11.3 Å². The van der Waals surface area contributed by atoms with Crippen LogP contribution in [0.5, 0.6) is 0 Å². The number of aromatic nitrogens is 2. The Bertz CT molecular complexity index is 643. The average molecular weight is 267 g/mol. The van der Waals surface area contributed by atoms with Gasteiger partial charge in [-0.2, -0.15) is 0 Å². The van der Waals surface area contributed by atoms with Gasteiger partial charge in [0.1, 0.15) is 5.82 Å². The van der Waals surface area contributed by atoms with E-state index < -0.39 is 0 Å². The molecule has 1 aliphatic carbocycles. The molecule has 0 saturated heterocycles. The quantitative estimate of drug-likeness (QED) is 0.908. The van der Waals surface area contributed by atoms with Crippen molar-refractivity contribution < 1.29 is 0 Å². The van der Waals surface area contributed by atoms with Gasteiger partial charge in [-0.1, -0.05) is 12.1 Å². The average Bonchev–Trinajstić information content (AvgIpc) is 2.42. The molecule has 0 spiro atoms. The fourth-order valence-electron chi connectivity index (χ4n) is 2.83. The Balaban J connectivity index is 1.98. The van der Waals surface area contributed by atoms with Crippen LogP contribution in [0.2, 0.25) is 0 Å². The largest absolute Gasteiger partial charge is 0.328 e. The van der Waals surface area contributed by atoms with Crippen molar-refractivity contribution in [3.05, 3.63) is 46.9 Å². The molecule has 1 fully saturated rings. The van der Waals surface area contributed by atoms with Crippen LogP contribution in [0.15, 0.2) is 24.4 Å². The van der Waals surface area contributed by atoms with Crippen LogP contribution in [0.3, 0.4) is 0 Å². The normalized spacial score (nSPS) is 21.6. The summed E-state index contributed by atoms with van der Waals surface area (Å²) in [5, 5.41) is 0. The Hall–Kier alpha value is -1.74. The van der Waals surface area contributed by atoms with Gasteiger partial charge in [0, 0.05) is 23.7 Å². The maximum Gasteiger partial charge on any atom is 0.132 e. The van der Waals surface area contributed by atoms with Crippen LogP contribution in [0.4, 0.5) is 0 Å². The molecule has 104 valence electrons. The third kappa shape index (κ3) is 2.22. The Morgan fingerprint density at radius 1 is 1.05 bits per heavy atom. The lowest BCUT2D eigenvalue weighted by Gasteiger charge is -2.31. The van der Waals surface area contributed by atoms with E-state index in [0.29, 0.717) is 12.0 Å². The van der Waals surface area contributed by atoms with Crippen molar-refractivity contribution in [3.63, 3.8) is 0 Å². The van der Waals surface area contributed by atoms with Crippen LogP contribution >= 0.6 is 0 Å². The summed E-state index contributed by atoms with van der Waals surface area (Å²) in [6.07, 6.45) is 3.89. The van der Waals surface area contributed by atoms with Crippen LogP contribution in [0.1, 0.15) is 41.3 Å². The highest BCUT2D eigenvalue weighted by atomic mass is 14.9. The van der Waals surface area contributed by atoms with Crippen LogP contribution < -0.4 is 5.73 Å². The van der Waals surface area contributed by atoms with Gasteiger partial charge in [0.25, 0.3) is 0 Å². The maximum atomic E-state index is 5.86. The molecule has 3 rings (SSSR count). The van der Waals surface area contributed by atoms with Crippen molar-refractivity contribution in [1.29, 1.82) is 0 Å². The molecule has 0 bridgehead atoms. The van der Waals surface area contributed by atoms with Crippen molar-refractivity contribution in [3.8, 4) is 11.3 Å². The molecule has 0 amide bonds. The highest BCUT2D eigenvalue weighted by Crippen LogP contribution is 2.34. The van der Waals surface area contributed by atoms with E-state index in [1.165, 1.54) is 22.3 Å². The molecule has 0 radical (unpaired) electrons. The van der Waals surface area contributed by atoms with Gasteiger partial charge in [0.2, 0.25) is 0 Å². The zero-order chi connectivity index (χ0) is 14.3. The Morgan fingerprint density at radius 3 is 2.50 bits per heavy atom. The summed E-state index contributed by atoms with van der Waals surface area (Å²) in [7, 11) is 0. The third-order valence-corrected chi connectivity index (χ3v) is 4.55. The van der Waals surface area contributed by atoms with Crippen LogP contribution in [-0.2, 0) is 0 Å². The number of aryl methyl sites for hydroxylation is 1. The molecule has 0 unspecified atom stereocenters. The Kier molecular flexibility index (Phi) is 3.30. The fraction of sp³-hybridized carbons (Fsp3) is 0.412. The van der Waals surface area contributed by atoms with E-state index in [2.05, 4.69) is 37.9 Å². The lowest BCUT2D eigenvalue weighted by Crippen LogP contribution is -2.35. The molecular formula is C17H21N3. The first kappa shape index (κ1) is 13.3. The molecule has 2 aromatic rings. The fourth-order valence-corrected chi connectivity index (χ4v) is 2.83. The molecule has 3 heteroatoms. The summed E-state index contributed by atoms with van der Waals surface area (Å²) < 4.78 is 0. The molecule has 2 N–H and O–H groups in total.